The lowest BCUT2D eigenvalue weighted by molar-refractivity contribution is -0.136. The van der Waals surface area contributed by atoms with Crippen molar-refractivity contribution in [3.05, 3.63) is 29.6 Å². The summed E-state index contributed by atoms with van der Waals surface area (Å²) >= 11 is 0. The number of hydrogen-bond acceptors (Lipinski definition) is 3. The molecular weight excluding hydrogens is 223 g/mol. The van der Waals surface area contributed by atoms with Gasteiger partial charge >= 0.3 is 5.97 Å². The third kappa shape index (κ3) is 3.32. The van der Waals surface area contributed by atoms with E-state index in [-0.39, 0.29) is 10.5 Å². The van der Waals surface area contributed by atoms with E-state index in [1.54, 1.807) is 0 Å². The van der Waals surface area contributed by atoms with Crippen molar-refractivity contribution in [1.29, 1.82) is 0 Å². The number of rotatable bonds is 3. The number of halogens is 1. The van der Waals surface area contributed by atoms with E-state index in [4.69, 9.17) is 5.11 Å². The lowest BCUT2D eigenvalue weighted by Crippen LogP contribution is -2.04. The Hall–Kier alpha value is -1.43. The summed E-state index contributed by atoms with van der Waals surface area (Å²) in [7, 11) is -3.52. The van der Waals surface area contributed by atoms with Crippen molar-refractivity contribution < 1.29 is 22.7 Å². The molecule has 0 amide bonds. The summed E-state index contributed by atoms with van der Waals surface area (Å²) in [5, 5.41) is 8.48. The van der Waals surface area contributed by atoms with Crippen LogP contribution >= 0.6 is 0 Å². The number of carbonyl (C=O) groups is 1. The Balaban J connectivity index is 3.23. The van der Waals surface area contributed by atoms with Crippen LogP contribution in [0.2, 0.25) is 0 Å². The zero-order chi connectivity index (χ0) is 11.6. The van der Waals surface area contributed by atoms with Crippen LogP contribution < -0.4 is 0 Å². The first-order valence-corrected chi connectivity index (χ1v) is 5.89. The van der Waals surface area contributed by atoms with Crippen LogP contribution in [-0.2, 0) is 21.1 Å². The minimum absolute atomic E-state index is 0.128. The van der Waals surface area contributed by atoms with Crippen LogP contribution in [0.3, 0.4) is 0 Å². The molecule has 0 fully saturated rings. The molecule has 1 rings (SSSR count). The van der Waals surface area contributed by atoms with Gasteiger partial charge in [-0.1, -0.05) is 0 Å². The van der Waals surface area contributed by atoms with E-state index >= 15 is 0 Å². The molecule has 1 N–H and O–H groups in total. The summed E-state index contributed by atoms with van der Waals surface area (Å²) < 4.78 is 35.2. The second-order valence-corrected chi connectivity index (χ2v) is 5.15. The molecule has 0 aliphatic carbocycles. The van der Waals surface area contributed by atoms with E-state index in [9.17, 15) is 17.6 Å². The van der Waals surface area contributed by atoms with E-state index in [0.717, 1.165) is 24.5 Å². The molecule has 1 aromatic carbocycles. The molecule has 82 valence electrons. The maximum atomic E-state index is 13.0. The zero-order valence-corrected chi connectivity index (χ0v) is 8.71. The summed E-state index contributed by atoms with van der Waals surface area (Å²) in [4.78, 5) is 10.2. The minimum atomic E-state index is -3.52. The summed E-state index contributed by atoms with van der Waals surface area (Å²) in [5.74, 6) is -1.89. The smallest absolute Gasteiger partial charge is 0.307 e. The molecule has 0 spiro atoms. The van der Waals surface area contributed by atoms with Crippen molar-refractivity contribution in [1.82, 2.24) is 0 Å². The van der Waals surface area contributed by atoms with E-state index in [1.165, 1.54) is 0 Å². The van der Waals surface area contributed by atoms with Crippen LogP contribution in [0, 0.1) is 5.82 Å². The van der Waals surface area contributed by atoms with Crippen LogP contribution in [-0.4, -0.2) is 25.7 Å². The third-order valence-corrected chi connectivity index (χ3v) is 2.81. The van der Waals surface area contributed by atoms with Crippen molar-refractivity contribution in [2.45, 2.75) is 11.3 Å². The van der Waals surface area contributed by atoms with E-state index in [1.807, 2.05) is 0 Å². The molecular formula is C9H9FO4S. The van der Waals surface area contributed by atoms with Gasteiger partial charge < -0.3 is 5.11 Å². The van der Waals surface area contributed by atoms with Crippen molar-refractivity contribution in [2.24, 2.45) is 0 Å². The first-order chi connectivity index (χ1) is 6.79. The molecule has 0 aliphatic rings. The largest absolute Gasteiger partial charge is 0.481 e. The van der Waals surface area contributed by atoms with Crippen molar-refractivity contribution in [3.63, 3.8) is 0 Å². The highest BCUT2D eigenvalue weighted by Crippen LogP contribution is 2.14. The number of aliphatic carboxylic acids is 1. The zero-order valence-electron chi connectivity index (χ0n) is 7.90. The Morgan fingerprint density at radius 1 is 1.40 bits per heavy atom. The third-order valence-electron chi connectivity index (χ3n) is 1.71. The molecule has 0 aliphatic heterocycles. The lowest BCUT2D eigenvalue weighted by Gasteiger charge is -2.02. The Kier molecular flexibility index (Phi) is 3.09. The molecule has 1 aromatic rings. The first kappa shape index (κ1) is 11.6. The van der Waals surface area contributed by atoms with Crippen LogP contribution in [0.5, 0.6) is 0 Å². The number of sulfone groups is 1. The highest BCUT2D eigenvalue weighted by atomic mass is 32.2. The molecule has 0 saturated heterocycles. The topological polar surface area (TPSA) is 71.4 Å². The fourth-order valence-corrected chi connectivity index (χ4v) is 1.80. The molecule has 0 radical (unpaired) electrons. The molecule has 0 aromatic heterocycles. The van der Waals surface area contributed by atoms with Gasteiger partial charge in [-0.25, -0.2) is 12.8 Å². The molecule has 0 unspecified atom stereocenters. The fraction of sp³-hybridized carbons (Fsp3) is 0.222. The van der Waals surface area contributed by atoms with Gasteiger partial charge in [0.15, 0.2) is 9.84 Å². The van der Waals surface area contributed by atoms with E-state index in [2.05, 4.69) is 0 Å². The van der Waals surface area contributed by atoms with Crippen LogP contribution in [0.4, 0.5) is 4.39 Å². The van der Waals surface area contributed by atoms with Crippen molar-refractivity contribution in [3.8, 4) is 0 Å². The normalized spacial score (nSPS) is 11.3. The molecule has 15 heavy (non-hydrogen) atoms. The highest BCUT2D eigenvalue weighted by molar-refractivity contribution is 7.90. The molecule has 0 atom stereocenters. The molecule has 0 bridgehead atoms. The van der Waals surface area contributed by atoms with Crippen LogP contribution in [0.1, 0.15) is 5.56 Å². The SMILES string of the molecule is CS(=O)(=O)c1cc(F)cc(CC(=O)O)c1. The second kappa shape index (κ2) is 3.98. The number of carboxylic acid groups (broad SMARTS) is 1. The molecule has 0 heterocycles. The lowest BCUT2D eigenvalue weighted by atomic mass is 10.1. The number of hydrogen-bond donors (Lipinski definition) is 1. The minimum Gasteiger partial charge on any atom is -0.481 e. The van der Waals surface area contributed by atoms with E-state index in [0.29, 0.717) is 0 Å². The molecule has 0 saturated carbocycles. The van der Waals surface area contributed by atoms with Gasteiger partial charge in [-0.3, -0.25) is 4.79 Å². The summed E-state index contributed by atoms with van der Waals surface area (Å²) in [6, 6.07) is 3.02. The first-order valence-electron chi connectivity index (χ1n) is 4.00. The number of benzene rings is 1. The average Bonchev–Trinajstić information content (AvgIpc) is 1.99. The quantitative estimate of drug-likeness (QED) is 0.838. The van der Waals surface area contributed by atoms with Gasteiger partial charge in [-0.2, -0.15) is 0 Å². The summed E-state index contributed by atoms with van der Waals surface area (Å²) in [5.41, 5.74) is 0.128. The Labute approximate surface area is 86.3 Å². The maximum Gasteiger partial charge on any atom is 0.307 e. The fourth-order valence-electron chi connectivity index (χ4n) is 1.11. The molecule has 4 nitrogen and oxygen atoms in total. The number of carboxylic acids is 1. The Bertz CT molecular complexity index is 493. The van der Waals surface area contributed by atoms with Crippen molar-refractivity contribution in [2.75, 3.05) is 6.26 Å². The summed E-state index contributed by atoms with van der Waals surface area (Å²) in [6.07, 6.45) is 0.534. The van der Waals surface area contributed by atoms with Gasteiger partial charge in [0.25, 0.3) is 0 Å². The summed E-state index contributed by atoms with van der Waals surface area (Å²) in [6.45, 7) is 0. The van der Waals surface area contributed by atoms with Gasteiger partial charge in [0.1, 0.15) is 5.82 Å². The van der Waals surface area contributed by atoms with Gasteiger partial charge in [0, 0.05) is 6.26 Å². The van der Waals surface area contributed by atoms with E-state index < -0.39 is 28.0 Å². The van der Waals surface area contributed by atoms with Crippen LogP contribution in [0.25, 0.3) is 0 Å². The Morgan fingerprint density at radius 3 is 2.47 bits per heavy atom. The van der Waals surface area contributed by atoms with Gasteiger partial charge in [0.05, 0.1) is 11.3 Å². The van der Waals surface area contributed by atoms with Gasteiger partial charge in [0.2, 0.25) is 0 Å². The van der Waals surface area contributed by atoms with Gasteiger partial charge in [-0.15, -0.1) is 0 Å². The van der Waals surface area contributed by atoms with Crippen molar-refractivity contribution >= 4 is 15.8 Å². The maximum absolute atomic E-state index is 13.0. The highest BCUT2D eigenvalue weighted by Gasteiger charge is 2.11. The van der Waals surface area contributed by atoms with Crippen LogP contribution in [0.15, 0.2) is 23.1 Å². The average molecular weight is 232 g/mol. The second-order valence-electron chi connectivity index (χ2n) is 3.14. The predicted molar refractivity (Wildman–Crippen MR) is 50.8 cm³/mol. The van der Waals surface area contributed by atoms with Gasteiger partial charge in [-0.05, 0) is 23.8 Å². The predicted octanol–water partition coefficient (Wildman–Crippen LogP) is 0.856. The molecule has 6 heteroatoms. The standard InChI is InChI=1S/C9H9FO4S/c1-15(13,14)8-3-6(4-9(11)12)2-7(10)5-8/h2-3,5H,4H2,1H3,(H,11,12). The monoisotopic (exact) mass is 232 g/mol. The Morgan fingerprint density at radius 2 is 2.00 bits per heavy atom.